The van der Waals surface area contributed by atoms with Crippen LogP contribution in [0.4, 0.5) is 11.4 Å². The molecule has 2 saturated heterocycles. The van der Waals surface area contributed by atoms with E-state index in [2.05, 4.69) is 31.5 Å². The number of hydrogen-bond acceptors (Lipinski definition) is 5. The number of piperidine rings is 2. The summed E-state index contributed by atoms with van der Waals surface area (Å²) in [5, 5.41) is 5.93. The molecule has 0 saturated carbocycles. The highest BCUT2D eigenvalue weighted by atomic mass is 79.9. The molecule has 4 rings (SSSR count). The minimum Gasteiger partial charge on any atom is -0.370 e. The van der Waals surface area contributed by atoms with Crippen LogP contribution in [0.3, 0.4) is 0 Å². The van der Waals surface area contributed by atoms with Crippen LogP contribution in [0, 0.1) is 0 Å². The summed E-state index contributed by atoms with van der Waals surface area (Å²) in [5.41, 5.74) is 1.93. The van der Waals surface area contributed by atoms with E-state index >= 15 is 0 Å². The minimum atomic E-state index is -3.60. The van der Waals surface area contributed by atoms with Crippen LogP contribution in [0.25, 0.3) is 0 Å². The van der Waals surface area contributed by atoms with Gasteiger partial charge in [-0.1, -0.05) is 18.6 Å². The molecule has 0 atom stereocenters. The van der Waals surface area contributed by atoms with E-state index in [1.165, 1.54) is 6.42 Å². The number of nitrogens with one attached hydrogen (secondary N) is 2. The van der Waals surface area contributed by atoms with Crippen molar-refractivity contribution in [2.45, 2.75) is 43.4 Å². The Bertz CT molecular complexity index is 1160. The topological polar surface area (TPSA) is 81.8 Å². The van der Waals surface area contributed by atoms with Gasteiger partial charge in [0.15, 0.2) is 5.11 Å². The summed E-state index contributed by atoms with van der Waals surface area (Å²) >= 11 is 8.83. The maximum Gasteiger partial charge on any atom is 0.258 e. The lowest BCUT2D eigenvalue weighted by molar-refractivity contribution is 0.0977. The Labute approximate surface area is 215 Å². The van der Waals surface area contributed by atoms with Gasteiger partial charge in [0.25, 0.3) is 5.91 Å². The minimum absolute atomic E-state index is 0.117. The van der Waals surface area contributed by atoms with E-state index in [1.54, 1.807) is 34.6 Å². The number of carbonyl (C=O) groups excluding carboxylic acids is 1. The molecule has 34 heavy (non-hydrogen) atoms. The maximum absolute atomic E-state index is 13.3. The average Bonchev–Trinajstić information content (AvgIpc) is 2.85. The molecule has 2 N–H and O–H groups in total. The van der Waals surface area contributed by atoms with Crippen molar-refractivity contribution < 1.29 is 13.2 Å². The molecule has 0 aliphatic carbocycles. The number of thiocarbonyl (C=S) groups is 1. The molecular weight excluding hydrogens is 536 g/mol. The monoisotopic (exact) mass is 564 g/mol. The number of nitrogens with zero attached hydrogens (tertiary/aromatic N) is 2. The molecule has 2 aromatic rings. The van der Waals surface area contributed by atoms with Gasteiger partial charge in [-0.05, 0) is 90.6 Å². The van der Waals surface area contributed by atoms with E-state index in [0.717, 1.165) is 50.9 Å². The molecule has 0 bridgehead atoms. The predicted octanol–water partition coefficient (Wildman–Crippen LogP) is 4.74. The third kappa shape index (κ3) is 5.79. The van der Waals surface area contributed by atoms with Crippen molar-refractivity contribution in [1.29, 1.82) is 0 Å². The fourth-order valence-electron chi connectivity index (χ4n) is 4.41. The van der Waals surface area contributed by atoms with Crippen molar-refractivity contribution in [1.82, 2.24) is 9.62 Å². The molecule has 0 unspecified atom stereocenters. The molecule has 0 aromatic heterocycles. The Hall–Kier alpha value is -2.01. The van der Waals surface area contributed by atoms with Gasteiger partial charge >= 0.3 is 0 Å². The zero-order valence-electron chi connectivity index (χ0n) is 18.9. The van der Waals surface area contributed by atoms with Gasteiger partial charge in [-0.15, -0.1) is 0 Å². The highest BCUT2D eigenvalue weighted by Gasteiger charge is 2.27. The third-order valence-corrected chi connectivity index (χ3v) is 9.00. The Kier molecular flexibility index (Phi) is 8.23. The number of carbonyl (C=O) groups is 1. The summed E-state index contributed by atoms with van der Waals surface area (Å²) in [7, 11) is -3.60. The van der Waals surface area contributed by atoms with Gasteiger partial charge in [-0.25, -0.2) is 8.42 Å². The van der Waals surface area contributed by atoms with Crippen LogP contribution in [0.5, 0.6) is 0 Å². The van der Waals surface area contributed by atoms with Gasteiger partial charge in [-0.3, -0.25) is 10.1 Å². The number of sulfonamides is 1. The van der Waals surface area contributed by atoms with Gasteiger partial charge in [0.2, 0.25) is 10.0 Å². The van der Waals surface area contributed by atoms with E-state index in [-0.39, 0.29) is 15.9 Å². The van der Waals surface area contributed by atoms with Crippen molar-refractivity contribution in [3.05, 3.63) is 52.5 Å². The Morgan fingerprint density at radius 1 is 0.912 bits per heavy atom. The molecular formula is C24H29BrN4O3S2. The lowest BCUT2D eigenvalue weighted by atomic mass is 10.1. The first-order valence-electron chi connectivity index (χ1n) is 11.6. The smallest absolute Gasteiger partial charge is 0.258 e. The van der Waals surface area contributed by atoms with Crippen LogP contribution >= 0.6 is 28.1 Å². The fourth-order valence-corrected chi connectivity index (χ4v) is 6.62. The summed E-state index contributed by atoms with van der Waals surface area (Å²) in [5.74, 6) is -0.346. The van der Waals surface area contributed by atoms with E-state index in [4.69, 9.17) is 12.2 Å². The molecule has 1 amide bonds. The van der Waals surface area contributed by atoms with Gasteiger partial charge in [-0.2, -0.15) is 4.31 Å². The number of anilines is 2. The van der Waals surface area contributed by atoms with E-state index in [1.807, 2.05) is 12.1 Å². The molecule has 2 aliphatic heterocycles. The van der Waals surface area contributed by atoms with Gasteiger partial charge < -0.3 is 10.2 Å². The molecule has 2 aliphatic rings. The second-order valence-corrected chi connectivity index (χ2v) is 11.8. The van der Waals surface area contributed by atoms with Gasteiger partial charge in [0.05, 0.1) is 21.8 Å². The summed E-state index contributed by atoms with van der Waals surface area (Å²) in [6, 6.07) is 12.3. The molecule has 2 heterocycles. The first-order chi connectivity index (χ1) is 16.4. The summed E-state index contributed by atoms with van der Waals surface area (Å²) < 4.78 is 28.8. The Morgan fingerprint density at radius 2 is 1.56 bits per heavy atom. The Balaban J connectivity index is 1.60. The molecule has 0 spiro atoms. The lowest BCUT2D eigenvalue weighted by Crippen LogP contribution is -2.37. The maximum atomic E-state index is 13.3. The van der Waals surface area contributed by atoms with Gasteiger partial charge in [0.1, 0.15) is 0 Å². The zero-order chi connectivity index (χ0) is 24.1. The first kappa shape index (κ1) is 25.1. The van der Waals surface area contributed by atoms with Crippen molar-refractivity contribution in [3.8, 4) is 0 Å². The molecule has 0 radical (unpaired) electrons. The van der Waals surface area contributed by atoms with Crippen LogP contribution < -0.4 is 15.5 Å². The first-order valence-corrected chi connectivity index (χ1v) is 14.3. The van der Waals surface area contributed by atoms with Crippen molar-refractivity contribution in [3.63, 3.8) is 0 Å². The third-order valence-electron chi connectivity index (χ3n) is 6.21. The SMILES string of the molecule is O=C(NC(=S)Nc1cc(S(=O)(=O)N2CCCCC2)ccc1N1CCCCC1)c1ccccc1Br. The quantitative estimate of drug-likeness (QED) is 0.510. The van der Waals surface area contributed by atoms with Crippen LogP contribution in [0.1, 0.15) is 48.9 Å². The number of benzene rings is 2. The van der Waals surface area contributed by atoms with Crippen molar-refractivity contribution in [2.75, 3.05) is 36.4 Å². The average molecular weight is 566 g/mol. The number of rotatable bonds is 5. The van der Waals surface area contributed by atoms with Crippen molar-refractivity contribution in [2.24, 2.45) is 0 Å². The highest BCUT2D eigenvalue weighted by molar-refractivity contribution is 9.10. The normalized spacial score (nSPS) is 17.3. The molecule has 7 nitrogen and oxygen atoms in total. The zero-order valence-corrected chi connectivity index (χ0v) is 22.1. The van der Waals surface area contributed by atoms with E-state index in [0.29, 0.717) is 28.8 Å². The van der Waals surface area contributed by atoms with Crippen LogP contribution in [0.15, 0.2) is 51.8 Å². The summed E-state index contributed by atoms with van der Waals surface area (Å²) in [6.45, 7) is 2.87. The summed E-state index contributed by atoms with van der Waals surface area (Å²) in [6.07, 6.45) is 6.15. The Morgan fingerprint density at radius 3 is 2.24 bits per heavy atom. The molecule has 2 aromatic carbocycles. The summed E-state index contributed by atoms with van der Waals surface area (Å²) in [4.78, 5) is 15.2. The number of halogens is 1. The second-order valence-electron chi connectivity index (χ2n) is 8.58. The van der Waals surface area contributed by atoms with Crippen molar-refractivity contribution >= 4 is 60.6 Å². The fraction of sp³-hybridized carbons (Fsp3) is 0.417. The molecule has 10 heteroatoms. The standard InChI is InChI=1S/C24H29BrN4O3S2/c25-20-10-4-3-9-19(20)23(30)27-24(33)26-21-17-18(34(31,32)29-15-7-2-8-16-29)11-12-22(21)28-13-5-1-6-14-28/h3-4,9-12,17H,1-2,5-8,13-16H2,(H2,26,27,30,33). The van der Waals surface area contributed by atoms with E-state index < -0.39 is 10.0 Å². The second kappa shape index (κ2) is 11.2. The van der Waals surface area contributed by atoms with E-state index in [9.17, 15) is 13.2 Å². The molecule has 2 fully saturated rings. The predicted molar refractivity (Wildman–Crippen MR) is 143 cm³/mol. The highest BCUT2D eigenvalue weighted by Crippen LogP contribution is 2.32. The lowest BCUT2D eigenvalue weighted by Gasteiger charge is -2.31. The van der Waals surface area contributed by atoms with Crippen LogP contribution in [0.2, 0.25) is 0 Å². The molecule has 182 valence electrons. The largest absolute Gasteiger partial charge is 0.370 e. The number of amides is 1. The van der Waals surface area contributed by atoms with Gasteiger partial charge in [0, 0.05) is 30.7 Å². The van der Waals surface area contributed by atoms with Crippen LogP contribution in [-0.4, -0.2) is 49.9 Å². The van der Waals surface area contributed by atoms with Crippen LogP contribution in [-0.2, 0) is 10.0 Å². The number of hydrogen-bond donors (Lipinski definition) is 2.